The van der Waals surface area contributed by atoms with E-state index in [1.807, 2.05) is 131 Å². The summed E-state index contributed by atoms with van der Waals surface area (Å²) in [5.41, 5.74) is 5.55. The van der Waals surface area contributed by atoms with Gasteiger partial charge < -0.3 is 37.9 Å². The molecule has 8 rings (SSSR count). The Labute approximate surface area is 381 Å². The van der Waals surface area contributed by atoms with E-state index in [2.05, 4.69) is 0 Å². The van der Waals surface area contributed by atoms with Crippen LogP contribution in [0.5, 0.6) is 46.0 Å². The molecule has 0 aliphatic carbocycles. The average Bonchev–Trinajstić information content (AvgIpc) is 3.91. The first-order valence-corrected chi connectivity index (χ1v) is 20.7. The van der Waals surface area contributed by atoms with E-state index >= 15 is 0 Å². The largest absolute Gasteiger partial charge is 0.493 e. The van der Waals surface area contributed by atoms with Crippen LogP contribution in [0.4, 0.5) is 0 Å². The second-order valence-electron chi connectivity index (χ2n) is 14.0. The molecule has 0 bridgehead atoms. The quantitative estimate of drug-likeness (QED) is 0.0986. The van der Waals surface area contributed by atoms with E-state index in [0.29, 0.717) is 124 Å². The predicted octanol–water partition coefficient (Wildman–Crippen LogP) is 11.8. The number of para-hydroxylation sites is 4. The lowest BCUT2D eigenvalue weighted by atomic mass is 10.0. The van der Waals surface area contributed by atoms with Gasteiger partial charge in [0.2, 0.25) is 0 Å². The summed E-state index contributed by atoms with van der Waals surface area (Å²) in [5, 5.41) is 0.855. The second kappa shape index (κ2) is 18.6. The number of hydrogen-bond donors (Lipinski definition) is 0. The molecule has 2 aromatic heterocycles. The van der Waals surface area contributed by atoms with Crippen molar-refractivity contribution in [2.24, 2.45) is 0 Å². The third-order valence-electron chi connectivity index (χ3n) is 10.8. The first kappa shape index (κ1) is 43.4. The highest BCUT2D eigenvalue weighted by molar-refractivity contribution is 6.33. The van der Waals surface area contributed by atoms with Gasteiger partial charge in [0.05, 0.1) is 66.9 Å². The minimum Gasteiger partial charge on any atom is -0.493 e. The molecule has 8 aromatic rings. The zero-order valence-electron chi connectivity index (χ0n) is 36.4. The molecule has 326 valence electrons. The summed E-state index contributed by atoms with van der Waals surface area (Å²) in [7, 11) is 12.7. The lowest BCUT2D eigenvalue weighted by Gasteiger charge is -2.23. The molecular weight excluding hydrogens is 855 g/mol. The molecule has 0 saturated carbocycles. The van der Waals surface area contributed by atoms with Crippen molar-refractivity contribution in [3.63, 3.8) is 0 Å². The summed E-state index contributed by atoms with van der Waals surface area (Å²) in [6.07, 6.45) is 0. The molecule has 14 heteroatoms. The summed E-state index contributed by atoms with van der Waals surface area (Å²) in [5.74, 6) is 4.48. The number of benzene rings is 6. The summed E-state index contributed by atoms with van der Waals surface area (Å²) in [6.45, 7) is 0. The molecule has 12 nitrogen and oxygen atoms in total. The molecule has 0 aliphatic rings. The Morgan fingerprint density at radius 1 is 0.328 bits per heavy atom. The molecule has 2 heterocycles. The molecule has 0 N–H and O–H groups in total. The number of halogens is 2. The number of aromatic nitrogens is 4. The maximum Gasteiger partial charge on any atom is 0.170 e. The fourth-order valence-electron chi connectivity index (χ4n) is 8.00. The van der Waals surface area contributed by atoms with Gasteiger partial charge >= 0.3 is 0 Å². The van der Waals surface area contributed by atoms with Crippen LogP contribution in [-0.4, -0.2) is 76.2 Å². The molecule has 0 unspecified atom stereocenters. The molecule has 6 aromatic carbocycles. The number of rotatable bonds is 15. The van der Waals surface area contributed by atoms with Gasteiger partial charge in [-0.3, -0.25) is 0 Å². The Kier molecular flexibility index (Phi) is 12.6. The molecule has 0 aliphatic heterocycles. The fraction of sp³-hybridized carbons (Fsp3) is 0.160. The number of imidazole rings is 2. The topological polar surface area (TPSA) is 109 Å². The SMILES string of the molecule is COc1cccc(-c2nc(-c3ccccc3Cl)n(-n3c(-c4ccccc4Cl)nc(-c4cccc(OC)c4OC)c3-c3cccc(OC)c3OC)c2-c2cccc(OC)c2OC)c1OC. The highest BCUT2D eigenvalue weighted by Crippen LogP contribution is 2.52. The van der Waals surface area contributed by atoms with E-state index in [9.17, 15) is 0 Å². The van der Waals surface area contributed by atoms with Crippen molar-refractivity contribution in [1.82, 2.24) is 19.3 Å². The highest BCUT2D eigenvalue weighted by Gasteiger charge is 2.35. The third kappa shape index (κ3) is 7.34. The zero-order chi connectivity index (χ0) is 45.1. The van der Waals surface area contributed by atoms with Crippen molar-refractivity contribution in [3.05, 3.63) is 131 Å². The van der Waals surface area contributed by atoms with Crippen LogP contribution in [0.1, 0.15) is 0 Å². The van der Waals surface area contributed by atoms with Gasteiger partial charge in [-0.05, 0) is 72.8 Å². The first-order valence-electron chi connectivity index (χ1n) is 19.9. The molecule has 0 saturated heterocycles. The zero-order valence-corrected chi connectivity index (χ0v) is 37.9. The van der Waals surface area contributed by atoms with Crippen molar-refractivity contribution in [2.45, 2.75) is 0 Å². The van der Waals surface area contributed by atoms with Crippen molar-refractivity contribution >= 4 is 23.2 Å². The fourth-order valence-corrected chi connectivity index (χ4v) is 8.44. The van der Waals surface area contributed by atoms with Crippen molar-refractivity contribution < 1.29 is 37.9 Å². The average molecular weight is 900 g/mol. The van der Waals surface area contributed by atoms with Crippen LogP contribution in [0.2, 0.25) is 10.0 Å². The molecular formula is C50H44Cl2N4O8. The van der Waals surface area contributed by atoms with Gasteiger partial charge in [-0.1, -0.05) is 71.7 Å². The number of hydrogen-bond acceptors (Lipinski definition) is 10. The number of ether oxygens (including phenoxy) is 8. The molecule has 64 heavy (non-hydrogen) atoms. The number of nitrogens with zero attached hydrogens (tertiary/aromatic N) is 4. The van der Waals surface area contributed by atoms with Crippen LogP contribution in [0.3, 0.4) is 0 Å². The summed E-state index contributed by atoms with van der Waals surface area (Å²) >= 11 is 14.5. The van der Waals surface area contributed by atoms with Crippen molar-refractivity contribution in [3.8, 4) is 114 Å². The Morgan fingerprint density at radius 2 is 0.609 bits per heavy atom. The lowest BCUT2D eigenvalue weighted by molar-refractivity contribution is 0.355. The Hall–Kier alpha value is -7.28. The van der Waals surface area contributed by atoms with Crippen LogP contribution in [0, 0.1) is 0 Å². The van der Waals surface area contributed by atoms with Gasteiger partial charge in [-0.25, -0.2) is 19.3 Å². The Balaban J connectivity index is 1.72. The summed E-state index contributed by atoms with van der Waals surface area (Å²) in [4.78, 5) is 11.1. The third-order valence-corrected chi connectivity index (χ3v) is 11.4. The molecule has 0 fully saturated rings. The molecule has 0 amide bonds. The smallest absolute Gasteiger partial charge is 0.170 e. The molecule has 0 atom stereocenters. The maximum atomic E-state index is 7.23. The van der Waals surface area contributed by atoms with Gasteiger partial charge in [0, 0.05) is 33.4 Å². The van der Waals surface area contributed by atoms with Crippen LogP contribution in [-0.2, 0) is 0 Å². The maximum absolute atomic E-state index is 7.23. The Morgan fingerprint density at radius 3 is 0.906 bits per heavy atom. The number of methoxy groups -OCH3 is 8. The van der Waals surface area contributed by atoms with E-state index in [1.54, 1.807) is 56.9 Å². The van der Waals surface area contributed by atoms with Gasteiger partial charge in [0.25, 0.3) is 0 Å². The highest BCUT2D eigenvalue weighted by atomic mass is 35.5. The minimum absolute atomic E-state index is 0.406. The normalized spacial score (nSPS) is 11.0. The second-order valence-corrected chi connectivity index (χ2v) is 14.8. The van der Waals surface area contributed by atoms with Gasteiger partial charge in [-0.2, -0.15) is 0 Å². The Bertz CT molecular complexity index is 2800. The molecule has 0 spiro atoms. The van der Waals surface area contributed by atoms with E-state index in [-0.39, 0.29) is 0 Å². The summed E-state index contributed by atoms with van der Waals surface area (Å²) in [6, 6.07) is 37.5. The van der Waals surface area contributed by atoms with Crippen molar-refractivity contribution in [2.75, 3.05) is 56.9 Å². The van der Waals surface area contributed by atoms with Gasteiger partial charge in [0.1, 0.15) is 22.8 Å². The minimum atomic E-state index is 0.406. The van der Waals surface area contributed by atoms with Gasteiger partial charge in [-0.15, -0.1) is 0 Å². The van der Waals surface area contributed by atoms with Crippen LogP contribution in [0.25, 0.3) is 67.8 Å². The van der Waals surface area contributed by atoms with E-state index in [4.69, 9.17) is 71.1 Å². The lowest BCUT2D eigenvalue weighted by Crippen LogP contribution is -2.16. The van der Waals surface area contributed by atoms with Crippen LogP contribution >= 0.6 is 23.2 Å². The predicted molar refractivity (Wildman–Crippen MR) is 250 cm³/mol. The van der Waals surface area contributed by atoms with Crippen LogP contribution < -0.4 is 37.9 Å². The standard InChI is InChI=1S/C50H44Cl2N4O8/c1-57-37-25-13-19-31(45(37)61-5)41-43(33-21-15-27-39(59-3)47(33)63-7)55(49(53-41)29-17-9-11-23-35(29)51)56-44(34-22-16-28-40(60-4)48(34)64-8)42(32-20-14-26-38(58-2)46(32)62-6)54-50(56)30-18-10-12-24-36(30)52/h9-28H,1-8H3. The van der Waals surface area contributed by atoms with E-state index < -0.39 is 0 Å². The summed E-state index contributed by atoms with van der Waals surface area (Å²) < 4.78 is 52.2. The monoisotopic (exact) mass is 898 g/mol. The van der Waals surface area contributed by atoms with E-state index in [0.717, 1.165) is 0 Å². The van der Waals surface area contributed by atoms with E-state index in [1.165, 1.54) is 0 Å². The first-order chi connectivity index (χ1) is 31.3. The van der Waals surface area contributed by atoms with Crippen LogP contribution in [0.15, 0.2) is 121 Å². The van der Waals surface area contributed by atoms with Gasteiger partial charge in [0.15, 0.2) is 57.6 Å². The molecule has 0 radical (unpaired) electrons. The van der Waals surface area contributed by atoms with Crippen molar-refractivity contribution in [1.29, 1.82) is 0 Å².